The number of nitrogens with one attached hydrogen (secondary N) is 2. The van der Waals surface area contributed by atoms with Crippen molar-refractivity contribution in [3.05, 3.63) is 12.4 Å². The molecule has 0 unspecified atom stereocenters. The summed E-state index contributed by atoms with van der Waals surface area (Å²) in [7, 11) is 0. The van der Waals surface area contributed by atoms with Gasteiger partial charge in [0.25, 0.3) is 0 Å². The molecule has 1 aromatic rings. The van der Waals surface area contributed by atoms with E-state index < -0.39 is 0 Å². The largest absolute Gasteiger partial charge is 0.386 e. The molecule has 82 valence electrons. The molecule has 0 spiro atoms. The summed E-state index contributed by atoms with van der Waals surface area (Å²) in [5.74, 6) is 0.907. The first-order chi connectivity index (χ1) is 7.11. The molecule has 0 aliphatic heterocycles. The lowest BCUT2D eigenvalue weighted by Crippen LogP contribution is -2.17. The molecule has 0 aliphatic rings. The Labute approximate surface area is 87.0 Å². The number of rotatable bonds is 5. The van der Waals surface area contributed by atoms with E-state index in [0.29, 0.717) is 19.0 Å². The third-order valence-electron chi connectivity index (χ3n) is 1.35. The molecule has 0 bridgehead atoms. The molecular formula is C7H14N8. The third-order valence-corrected chi connectivity index (χ3v) is 1.35. The second-order valence-corrected chi connectivity index (χ2v) is 2.71. The highest BCUT2D eigenvalue weighted by molar-refractivity contribution is 5.42. The van der Waals surface area contributed by atoms with E-state index in [0.717, 1.165) is 0 Å². The number of aromatic nitrogens is 3. The summed E-state index contributed by atoms with van der Waals surface area (Å²) >= 11 is 0. The van der Waals surface area contributed by atoms with Crippen molar-refractivity contribution in [2.24, 2.45) is 11.5 Å². The molecule has 0 radical (unpaired) electrons. The molecule has 8 heteroatoms. The predicted molar refractivity (Wildman–Crippen MR) is 58.7 cm³/mol. The van der Waals surface area contributed by atoms with Gasteiger partial charge in [-0.2, -0.15) is 15.0 Å². The van der Waals surface area contributed by atoms with Crippen LogP contribution < -0.4 is 27.8 Å². The highest BCUT2D eigenvalue weighted by atomic mass is 15.3. The van der Waals surface area contributed by atoms with Gasteiger partial charge < -0.3 is 27.8 Å². The van der Waals surface area contributed by atoms with Crippen molar-refractivity contribution in [3.63, 3.8) is 0 Å². The Morgan fingerprint density at radius 1 is 1.27 bits per heavy atom. The zero-order chi connectivity index (χ0) is 11.3. The Morgan fingerprint density at radius 3 is 2.53 bits per heavy atom. The summed E-state index contributed by atoms with van der Waals surface area (Å²) in [4.78, 5) is 11.7. The molecule has 0 aromatic carbocycles. The van der Waals surface area contributed by atoms with Crippen LogP contribution in [-0.2, 0) is 0 Å². The second kappa shape index (κ2) is 4.96. The maximum absolute atomic E-state index is 5.46. The molecule has 8 nitrogen and oxygen atoms in total. The van der Waals surface area contributed by atoms with Crippen molar-refractivity contribution in [3.8, 4) is 0 Å². The van der Waals surface area contributed by atoms with Gasteiger partial charge in [-0.05, 0) is 0 Å². The average Bonchev–Trinajstić information content (AvgIpc) is 2.12. The molecular weight excluding hydrogens is 196 g/mol. The molecule has 15 heavy (non-hydrogen) atoms. The molecule has 1 rings (SSSR count). The van der Waals surface area contributed by atoms with Crippen LogP contribution in [0, 0.1) is 0 Å². The Morgan fingerprint density at radius 2 is 1.93 bits per heavy atom. The molecule has 0 amide bonds. The summed E-state index contributed by atoms with van der Waals surface area (Å²) in [5, 5.41) is 5.50. The van der Waals surface area contributed by atoms with Crippen LogP contribution in [0.4, 0.5) is 17.8 Å². The fraction of sp³-hybridized carbons (Fsp3) is 0.286. The van der Waals surface area contributed by atoms with E-state index in [1.807, 2.05) is 0 Å². The Balaban J connectivity index is 2.79. The minimum Gasteiger partial charge on any atom is -0.386 e. The van der Waals surface area contributed by atoms with Crippen LogP contribution in [-0.4, -0.2) is 28.0 Å². The number of nitrogen functional groups attached to an aromatic ring is 1. The topological polar surface area (TPSA) is 141 Å². The zero-order valence-corrected chi connectivity index (χ0v) is 8.20. The lowest BCUT2D eigenvalue weighted by molar-refractivity contribution is 0.972. The van der Waals surface area contributed by atoms with Crippen LogP contribution in [0.15, 0.2) is 12.4 Å². The Hall–Kier alpha value is -2.09. The van der Waals surface area contributed by atoms with Gasteiger partial charge in [-0.3, -0.25) is 0 Å². The average molecular weight is 210 g/mol. The highest BCUT2D eigenvalue weighted by Gasteiger charge is 2.03. The molecule has 0 atom stereocenters. The minimum absolute atomic E-state index is 0.0910. The number of nitrogens with zero attached hydrogens (tertiary/aromatic N) is 3. The van der Waals surface area contributed by atoms with Crippen LogP contribution in [0.2, 0.25) is 0 Å². The van der Waals surface area contributed by atoms with Crippen LogP contribution in [0.3, 0.4) is 0 Å². The first kappa shape index (κ1) is 11.0. The summed E-state index contributed by atoms with van der Waals surface area (Å²) in [5.41, 5.74) is 16.1. The lowest BCUT2D eigenvalue weighted by Gasteiger charge is -2.07. The van der Waals surface area contributed by atoms with Crippen LogP contribution >= 0.6 is 0 Å². The van der Waals surface area contributed by atoms with Gasteiger partial charge in [0, 0.05) is 13.1 Å². The standard InChI is InChI=1S/C7H14N8/c1-4(9)12-7-14-5(10)13-6(15-7)11-3-2-8/h1-3,8-9H2,(H4,10,11,12,13,14,15). The maximum atomic E-state index is 5.46. The predicted octanol–water partition coefficient (Wildman–Crippen LogP) is -1.33. The van der Waals surface area contributed by atoms with Crippen LogP contribution in [0.1, 0.15) is 0 Å². The SMILES string of the molecule is C=C(N)Nc1nc(N)nc(NCCN)n1. The van der Waals surface area contributed by atoms with Gasteiger partial charge in [0.05, 0.1) is 5.82 Å². The molecule has 8 N–H and O–H groups in total. The molecule has 0 fully saturated rings. The van der Waals surface area contributed by atoms with Gasteiger partial charge in [0.15, 0.2) is 0 Å². The van der Waals surface area contributed by atoms with Crippen molar-refractivity contribution < 1.29 is 0 Å². The van der Waals surface area contributed by atoms with Crippen molar-refractivity contribution in [1.82, 2.24) is 15.0 Å². The molecule has 1 aromatic heterocycles. The fourth-order valence-electron chi connectivity index (χ4n) is 0.855. The van der Waals surface area contributed by atoms with E-state index in [9.17, 15) is 0 Å². The first-order valence-electron chi connectivity index (χ1n) is 4.28. The van der Waals surface area contributed by atoms with Crippen LogP contribution in [0.5, 0.6) is 0 Å². The minimum atomic E-state index is 0.0910. The monoisotopic (exact) mass is 210 g/mol. The zero-order valence-electron chi connectivity index (χ0n) is 8.20. The summed E-state index contributed by atoms with van der Waals surface area (Å²) in [6.45, 7) is 4.48. The van der Waals surface area contributed by atoms with E-state index in [-0.39, 0.29) is 17.7 Å². The molecule has 0 aliphatic carbocycles. The maximum Gasteiger partial charge on any atom is 0.234 e. The van der Waals surface area contributed by atoms with Gasteiger partial charge in [-0.15, -0.1) is 0 Å². The molecule has 0 saturated heterocycles. The number of hydrogen-bond donors (Lipinski definition) is 5. The smallest absolute Gasteiger partial charge is 0.234 e. The van der Waals surface area contributed by atoms with E-state index in [4.69, 9.17) is 17.2 Å². The number of nitrogens with two attached hydrogens (primary N) is 3. The normalized spacial score (nSPS) is 9.67. The highest BCUT2D eigenvalue weighted by Crippen LogP contribution is 2.06. The van der Waals surface area contributed by atoms with Gasteiger partial charge in [-0.1, -0.05) is 6.58 Å². The lowest BCUT2D eigenvalue weighted by atomic mass is 10.6. The van der Waals surface area contributed by atoms with Crippen molar-refractivity contribution >= 4 is 17.8 Å². The van der Waals surface area contributed by atoms with Gasteiger partial charge in [-0.25, -0.2) is 0 Å². The first-order valence-corrected chi connectivity index (χ1v) is 4.28. The van der Waals surface area contributed by atoms with Crippen molar-refractivity contribution in [2.75, 3.05) is 29.5 Å². The Bertz CT molecular complexity index is 349. The molecule has 0 saturated carbocycles. The van der Waals surface area contributed by atoms with Gasteiger partial charge in [0.1, 0.15) is 0 Å². The van der Waals surface area contributed by atoms with E-state index in [1.165, 1.54) is 0 Å². The quantitative estimate of drug-likeness (QED) is 0.402. The summed E-state index contributed by atoms with van der Waals surface area (Å²) in [6, 6.07) is 0. The third kappa shape index (κ3) is 3.65. The number of hydrogen-bond acceptors (Lipinski definition) is 8. The number of anilines is 3. The fourth-order valence-corrected chi connectivity index (χ4v) is 0.855. The van der Waals surface area contributed by atoms with E-state index in [1.54, 1.807) is 0 Å². The Kier molecular flexibility index (Phi) is 3.63. The van der Waals surface area contributed by atoms with Crippen molar-refractivity contribution in [1.29, 1.82) is 0 Å². The summed E-state index contributed by atoms with van der Waals surface area (Å²) in [6.07, 6.45) is 0. The molecule has 1 heterocycles. The van der Waals surface area contributed by atoms with E-state index >= 15 is 0 Å². The summed E-state index contributed by atoms with van der Waals surface area (Å²) < 4.78 is 0. The van der Waals surface area contributed by atoms with Gasteiger partial charge >= 0.3 is 0 Å². The van der Waals surface area contributed by atoms with Gasteiger partial charge in [0.2, 0.25) is 17.8 Å². The van der Waals surface area contributed by atoms with Crippen molar-refractivity contribution in [2.45, 2.75) is 0 Å². The van der Waals surface area contributed by atoms with E-state index in [2.05, 4.69) is 32.2 Å². The van der Waals surface area contributed by atoms with Crippen LogP contribution in [0.25, 0.3) is 0 Å². The second-order valence-electron chi connectivity index (χ2n) is 2.71.